The van der Waals surface area contributed by atoms with Gasteiger partial charge in [-0.15, -0.1) is 0 Å². The second-order valence-electron chi connectivity index (χ2n) is 3.92. The average molecular weight is 286 g/mol. The molecule has 0 atom stereocenters. The van der Waals surface area contributed by atoms with Crippen LogP contribution in [-0.2, 0) is 9.84 Å². The number of halogens is 1. The van der Waals surface area contributed by atoms with E-state index in [9.17, 15) is 12.8 Å². The van der Waals surface area contributed by atoms with Crippen LogP contribution in [-0.4, -0.2) is 8.42 Å². The molecule has 1 aliphatic rings. The van der Waals surface area contributed by atoms with Gasteiger partial charge >= 0.3 is 0 Å². The summed E-state index contributed by atoms with van der Waals surface area (Å²) < 4.78 is 36.8. The highest BCUT2D eigenvalue weighted by Crippen LogP contribution is 2.29. The SMILES string of the molecule is N#CC(C#N)=C1C=CS(=O)(=O)C(c2ccc(F)cc2)=C1. The highest BCUT2D eigenvalue weighted by molar-refractivity contribution is 8.03. The molecule has 0 unspecified atom stereocenters. The molecule has 6 heteroatoms. The predicted molar refractivity (Wildman–Crippen MR) is 70.7 cm³/mol. The van der Waals surface area contributed by atoms with E-state index in [0.717, 1.165) is 17.5 Å². The van der Waals surface area contributed by atoms with Gasteiger partial charge in [0.25, 0.3) is 0 Å². The molecule has 0 saturated heterocycles. The predicted octanol–water partition coefficient (Wildman–Crippen LogP) is 2.45. The van der Waals surface area contributed by atoms with E-state index < -0.39 is 15.7 Å². The van der Waals surface area contributed by atoms with Gasteiger partial charge in [-0.2, -0.15) is 10.5 Å². The van der Waals surface area contributed by atoms with Gasteiger partial charge in [0.1, 0.15) is 23.5 Å². The number of allylic oxidation sites excluding steroid dienone is 4. The van der Waals surface area contributed by atoms with Crippen molar-refractivity contribution < 1.29 is 12.8 Å². The first-order valence-electron chi connectivity index (χ1n) is 5.43. The van der Waals surface area contributed by atoms with E-state index in [0.29, 0.717) is 5.56 Å². The molecule has 4 nitrogen and oxygen atoms in total. The Bertz CT molecular complexity index is 817. The van der Waals surface area contributed by atoms with E-state index in [-0.39, 0.29) is 16.1 Å². The minimum absolute atomic E-state index is 0.0713. The van der Waals surface area contributed by atoms with Gasteiger partial charge in [0, 0.05) is 11.0 Å². The Morgan fingerprint density at radius 3 is 2.25 bits per heavy atom. The Kier molecular flexibility index (Phi) is 3.51. The van der Waals surface area contributed by atoms with Crippen LogP contribution in [0.5, 0.6) is 0 Å². The van der Waals surface area contributed by atoms with Crippen LogP contribution in [0.3, 0.4) is 0 Å². The van der Waals surface area contributed by atoms with Crippen molar-refractivity contribution in [3.05, 3.63) is 64.4 Å². The van der Waals surface area contributed by atoms with Gasteiger partial charge < -0.3 is 0 Å². The lowest BCUT2D eigenvalue weighted by Gasteiger charge is -2.11. The Balaban J connectivity index is 2.66. The van der Waals surface area contributed by atoms with Crippen LogP contribution >= 0.6 is 0 Å². The van der Waals surface area contributed by atoms with Gasteiger partial charge in [0.05, 0.1) is 4.91 Å². The molecule has 0 fully saturated rings. The first kappa shape index (κ1) is 13.7. The normalized spacial score (nSPS) is 15.9. The lowest BCUT2D eigenvalue weighted by molar-refractivity contribution is 0.613. The molecule has 0 radical (unpaired) electrons. The maximum atomic E-state index is 12.9. The summed E-state index contributed by atoms with van der Waals surface area (Å²) in [7, 11) is -3.67. The first-order chi connectivity index (χ1) is 9.47. The monoisotopic (exact) mass is 286 g/mol. The zero-order chi connectivity index (χ0) is 14.8. The third kappa shape index (κ3) is 2.51. The fourth-order valence-corrected chi connectivity index (χ4v) is 2.91. The van der Waals surface area contributed by atoms with E-state index >= 15 is 0 Å². The van der Waals surface area contributed by atoms with E-state index in [4.69, 9.17) is 10.5 Å². The largest absolute Gasteiger partial charge is 0.219 e. The van der Waals surface area contributed by atoms with Gasteiger partial charge in [-0.1, -0.05) is 12.1 Å². The molecule has 98 valence electrons. The molecule has 1 aliphatic heterocycles. The highest BCUT2D eigenvalue weighted by atomic mass is 32.2. The Morgan fingerprint density at radius 1 is 1.10 bits per heavy atom. The summed E-state index contributed by atoms with van der Waals surface area (Å²) in [6, 6.07) is 8.33. The molecule has 0 amide bonds. The molecular formula is C14H7FN2O2S. The molecule has 1 aromatic carbocycles. The number of hydrogen-bond acceptors (Lipinski definition) is 4. The molecule has 0 aliphatic carbocycles. The summed E-state index contributed by atoms with van der Waals surface area (Å²) in [6.07, 6.45) is 2.44. The van der Waals surface area contributed by atoms with E-state index in [1.54, 1.807) is 12.1 Å². The summed E-state index contributed by atoms with van der Waals surface area (Å²) in [5.41, 5.74) is 0.323. The highest BCUT2D eigenvalue weighted by Gasteiger charge is 2.21. The Hall–Kier alpha value is -2.70. The molecule has 2 rings (SSSR count). The minimum atomic E-state index is -3.67. The molecule has 1 aromatic rings. The number of hydrogen-bond donors (Lipinski definition) is 0. The molecule has 0 saturated carbocycles. The number of nitrogens with zero attached hydrogens (tertiary/aromatic N) is 2. The molecule has 0 aromatic heterocycles. The van der Waals surface area contributed by atoms with Gasteiger partial charge in [-0.05, 0) is 29.8 Å². The van der Waals surface area contributed by atoms with Crippen LogP contribution in [0.2, 0.25) is 0 Å². The van der Waals surface area contributed by atoms with E-state index in [1.807, 2.05) is 0 Å². The Labute approximate surface area is 115 Å². The fourth-order valence-electron chi connectivity index (χ4n) is 1.68. The number of benzene rings is 1. The van der Waals surface area contributed by atoms with Crippen molar-refractivity contribution in [2.75, 3.05) is 0 Å². The maximum Gasteiger partial charge on any atom is 0.200 e. The van der Waals surface area contributed by atoms with Crippen molar-refractivity contribution in [2.45, 2.75) is 0 Å². The summed E-state index contributed by atoms with van der Waals surface area (Å²) in [4.78, 5) is -0.0713. The van der Waals surface area contributed by atoms with Crippen LogP contribution in [0.25, 0.3) is 4.91 Å². The van der Waals surface area contributed by atoms with Gasteiger partial charge in [0.15, 0.2) is 9.84 Å². The van der Waals surface area contributed by atoms with Gasteiger partial charge in [0.2, 0.25) is 0 Å². The Morgan fingerprint density at radius 2 is 1.70 bits per heavy atom. The second kappa shape index (κ2) is 5.12. The third-order valence-corrected chi connectivity index (χ3v) is 4.12. The summed E-state index contributed by atoms with van der Waals surface area (Å²) in [5, 5.41) is 18.5. The number of rotatable bonds is 1. The summed E-state index contributed by atoms with van der Waals surface area (Å²) in [6.45, 7) is 0. The van der Waals surface area contributed by atoms with Gasteiger partial charge in [-0.3, -0.25) is 0 Å². The zero-order valence-electron chi connectivity index (χ0n) is 10.0. The lowest BCUT2D eigenvalue weighted by Crippen LogP contribution is -2.04. The zero-order valence-corrected chi connectivity index (χ0v) is 10.9. The molecule has 0 N–H and O–H groups in total. The second-order valence-corrected chi connectivity index (χ2v) is 5.72. The van der Waals surface area contributed by atoms with Crippen molar-refractivity contribution in [2.24, 2.45) is 0 Å². The third-order valence-electron chi connectivity index (χ3n) is 2.66. The lowest BCUT2D eigenvalue weighted by atomic mass is 10.1. The topological polar surface area (TPSA) is 81.7 Å². The van der Waals surface area contributed by atoms with Crippen molar-refractivity contribution in [3.8, 4) is 12.1 Å². The summed E-state index contributed by atoms with van der Waals surface area (Å²) in [5.74, 6) is -0.483. The fraction of sp³-hybridized carbons (Fsp3) is 0. The van der Waals surface area contributed by atoms with Crippen LogP contribution in [0, 0.1) is 28.5 Å². The van der Waals surface area contributed by atoms with Crippen LogP contribution < -0.4 is 0 Å². The standard InChI is InChI=1S/C14H7FN2O2S/c15-13-3-1-10(2-4-13)14-7-11(12(8-16)9-17)5-6-20(14,18)19/h1-7H. The number of nitriles is 2. The van der Waals surface area contributed by atoms with Crippen LogP contribution in [0.4, 0.5) is 4.39 Å². The van der Waals surface area contributed by atoms with Crippen LogP contribution in [0.15, 0.2) is 53.0 Å². The molecular weight excluding hydrogens is 279 g/mol. The smallest absolute Gasteiger partial charge is 0.200 e. The first-order valence-corrected chi connectivity index (χ1v) is 6.98. The van der Waals surface area contributed by atoms with Crippen molar-refractivity contribution in [1.29, 1.82) is 10.5 Å². The van der Waals surface area contributed by atoms with Crippen molar-refractivity contribution >= 4 is 14.7 Å². The van der Waals surface area contributed by atoms with E-state index in [1.165, 1.54) is 24.3 Å². The van der Waals surface area contributed by atoms with Crippen LogP contribution in [0.1, 0.15) is 5.56 Å². The molecule has 0 spiro atoms. The number of sulfone groups is 1. The quantitative estimate of drug-likeness (QED) is 0.742. The van der Waals surface area contributed by atoms with Crippen molar-refractivity contribution in [1.82, 2.24) is 0 Å². The maximum absolute atomic E-state index is 12.9. The molecule has 1 heterocycles. The minimum Gasteiger partial charge on any atom is -0.219 e. The molecule has 0 bridgehead atoms. The average Bonchev–Trinajstić information content (AvgIpc) is 2.42. The molecule has 20 heavy (non-hydrogen) atoms. The van der Waals surface area contributed by atoms with E-state index in [2.05, 4.69) is 0 Å². The van der Waals surface area contributed by atoms with Gasteiger partial charge in [-0.25, -0.2) is 12.8 Å². The summed E-state index contributed by atoms with van der Waals surface area (Å²) >= 11 is 0. The van der Waals surface area contributed by atoms with Crippen molar-refractivity contribution in [3.63, 3.8) is 0 Å².